The fourth-order valence-corrected chi connectivity index (χ4v) is 3.29. The number of nitrogens with zero attached hydrogens (tertiary/aromatic N) is 1. The Kier molecular flexibility index (Phi) is 6.29. The van der Waals surface area contributed by atoms with Crippen LogP contribution in [0.4, 0.5) is 5.82 Å². The maximum absolute atomic E-state index is 6.17. The second-order valence-electron chi connectivity index (χ2n) is 6.54. The van der Waals surface area contributed by atoms with Crippen molar-refractivity contribution in [3.63, 3.8) is 0 Å². The third-order valence-corrected chi connectivity index (χ3v) is 4.93. The predicted molar refractivity (Wildman–Crippen MR) is 105 cm³/mol. The van der Waals surface area contributed by atoms with Crippen molar-refractivity contribution in [2.45, 2.75) is 38.5 Å². The molecule has 0 aliphatic heterocycles. The van der Waals surface area contributed by atoms with Gasteiger partial charge in [0.2, 0.25) is 0 Å². The maximum atomic E-state index is 6.17. The van der Waals surface area contributed by atoms with Gasteiger partial charge < -0.3 is 24.3 Å². The zero-order valence-corrected chi connectivity index (χ0v) is 16.8. The van der Waals surface area contributed by atoms with Gasteiger partial charge in [0.05, 0.1) is 20.3 Å². The SMILES string of the molecule is COc1ccc(CNc2nc(Cl)cc(C)c2OC2CC(OC)C2)c(OC)c1. The van der Waals surface area contributed by atoms with Crippen molar-refractivity contribution in [3.05, 3.63) is 40.5 Å². The van der Waals surface area contributed by atoms with E-state index in [1.54, 1.807) is 21.3 Å². The molecule has 0 amide bonds. The summed E-state index contributed by atoms with van der Waals surface area (Å²) in [6, 6.07) is 7.51. The number of ether oxygens (including phenoxy) is 4. The van der Waals surface area contributed by atoms with Gasteiger partial charge in [-0.2, -0.15) is 0 Å². The first-order chi connectivity index (χ1) is 13.0. The highest BCUT2D eigenvalue weighted by Crippen LogP contribution is 2.35. The zero-order valence-electron chi connectivity index (χ0n) is 16.0. The first kappa shape index (κ1) is 19.6. The number of nitrogens with one attached hydrogen (secondary N) is 1. The largest absolute Gasteiger partial charge is 0.497 e. The van der Waals surface area contributed by atoms with E-state index in [2.05, 4.69) is 10.3 Å². The number of methoxy groups -OCH3 is 3. The number of hydrogen-bond donors (Lipinski definition) is 1. The Hall–Kier alpha value is -2.18. The normalized spacial score (nSPS) is 18.6. The summed E-state index contributed by atoms with van der Waals surface area (Å²) in [4.78, 5) is 4.42. The fourth-order valence-electron chi connectivity index (χ4n) is 3.04. The minimum atomic E-state index is 0.132. The molecule has 1 saturated carbocycles. The molecule has 1 heterocycles. The lowest BCUT2D eigenvalue weighted by Gasteiger charge is -2.34. The van der Waals surface area contributed by atoms with E-state index in [4.69, 9.17) is 30.5 Å². The van der Waals surface area contributed by atoms with Gasteiger partial charge in [-0.25, -0.2) is 4.98 Å². The summed E-state index contributed by atoms with van der Waals surface area (Å²) in [5.74, 6) is 2.84. The summed E-state index contributed by atoms with van der Waals surface area (Å²) in [6.45, 7) is 2.48. The Morgan fingerprint density at radius 3 is 2.56 bits per heavy atom. The summed E-state index contributed by atoms with van der Waals surface area (Å²) in [5.41, 5.74) is 1.92. The highest BCUT2D eigenvalue weighted by Gasteiger charge is 2.32. The molecule has 0 atom stereocenters. The van der Waals surface area contributed by atoms with Crippen LogP contribution in [-0.4, -0.2) is 38.5 Å². The lowest BCUT2D eigenvalue weighted by Crippen LogP contribution is -2.39. The number of hydrogen-bond acceptors (Lipinski definition) is 6. The Morgan fingerprint density at radius 1 is 1.11 bits per heavy atom. The molecule has 2 aromatic rings. The van der Waals surface area contributed by atoms with Gasteiger partial charge in [-0.05, 0) is 30.7 Å². The van der Waals surface area contributed by atoms with Gasteiger partial charge in [-0.3, -0.25) is 0 Å². The van der Waals surface area contributed by atoms with Crippen LogP contribution in [0.25, 0.3) is 0 Å². The lowest BCUT2D eigenvalue weighted by atomic mass is 9.92. The Morgan fingerprint density at radius 2 is 1.89 bits per heavy atom. The summed E-state index contributed by atoms with van der Waals surface area (Å²) in [5, 5.41) is 3.75. The average molecular weight is 393 g/mol. The molecule has 3 rings (SSSR count). The molecule has 0 spiro atoms. The number of aryl methyl sites for hydroxylation is 1. The quantitative estimate of drug-likeness (QED) is 0.678. The topological polar surface area (TPSA) is 61.8 Å². The first-order valence-corrected chi connectivity index (χ1v) is 9.23. The monoisotopic (exact) mass is 392 g/mol. The van der Waals surface area contributed by atoms with Gasteiger partial charge in [-0.1, -0.05) is 11.6 Å². The van der Waals surface area contributed by atoms with Crippen LogP contribution in [0.15, 0.2) is 24.3 Å². The molecule has 7 heteroatoms. The number of benzene rings is 1. The van der Waals surface area contributed by atoms with Crippen LogP contribution in [0, 0.1) is 6.92 Å². The van der Waals surface area contributed by atoms with Gasteiger partial charge in [0, 0.05) is 38.1 Å². The molecule has 1 aliphatic rings. The van der Waals surface area contributed by atoms with Gasteiger partial charge >= 0.3 is 0 Å². The fraction of sp³-hybridized carbons (Fsp3) is 0.450. The second-order valence-corrected chi connectivity index (χ2v) is 6.93. The summed E-state index contributed by atoms with van der Waals surface area (Å²) in [7, 11) is 4.99. The number of halogens is 1. The maximum Gasteiger partial charge on any atom is 0.170 e. The molecule has 146 valence electrons. The Balaban J connectivity index is 1.76. The van der Waals surface area contributed by atoms with Gasteiger partial charge in [0.25, 0.3) is 0 Å². The Bertz CT molecular complexity index is 794. The van der Waals surface area contributed by atoms with Crippen LogP contribution >= 0.6 is 11.6 Å². The second kappa shape index (κ2) is 8.67. The van der Waals surface area contributed by atoms with Crippen LogP contribution in [0.5, 0.6) is 17.2 Å². The van der Waals surface area contributed by atoms with E-state index < -0.39 is 0 Å². The molecule has 0 unspecified atom stereocenters. The van der Waals surface area contributed by atoms with Crippen LogP contribution in [-0.2, 0) is 11.3 Å². The Labute approximate surface area is 164 Å². The van der Waals surface area contributed by atoms with Crippen molar-refractivity contribution in [1.82, 2.24) is 4.98 Å². The number of aromatic nitrogens is 1. The summed E-state index contributed by atoms with van der Waals surface area (Å²) in [6.07, 6.45) is 2.16. The molecule has 1 fully saturated rings. The van der Waals surface area contributed by atoms with Crippen molar-refractivity contribution in [2.75, 3.05) is 26.6 Å². The molecule has 0 radical (unpaired) electrons. The number of anilines is 1. The molecule has 1 aliphatic carbocycles. The van der Waals surface area contributed by atoms with Crippen LogP contribution in [0.1, 0.15) is 24.0 Å². The minimum absolute atomic E-state index is 0.132. The molecule has 6 nitrogen and oxygen atoms in total. The number of rotatable bonds is 8. The van der Waals surface area contributed by atoms with Crippen LogP contribution < -0.4 is 19.5 Å². The molecule has 27 heavy (non-hydrogen) atoms. The van der Waals surface area contributed by atoms with E-state index in [0.29, 0.717) is 17.5 Å². The minimum Gasteiger partial charge on any atom is -0.497 e. The third-order valence-electron chi connectivity index (χ3n) is 4.74. The van der Waals surface area contributed by atoms with Crippen molar-refractivity contribution in [2.24, 2.45) is 0 Å². The zero-order chi connectivity index (χ0) is 19.4. The standard InChI is InChI=1S/C20H25ClN2O4/c1-12-7-18(21)23-20(19(12)27-16-8-15(9-16)25-3)22-11-13-5-6-14(24-2)10-17(13)26-4/h5-7,10,15-16H,8-9,11H2,1-4H3,(H,22,23). The van der Waals surface area contributed by atoms with E-state index in [1.807, 2.05) is 31.2 Å². The van der Waals surface area contributed by atoms with E-state index >= 15 is 0 Å². The van der Waals surface area contributed by atoms with E-state index in [-0.39, 0.29) is 12.2 Å². The lowest BCUT2D eigenvalue weighted by molar-refractivity contribution is -0.0381. The summed E-state index contributed by atoms with van der Waals surface area (Å²) < 4.78 is 22.2. The molecular weight excluding hydrogens is 368 g/mol. The molecule has 0 bridgehead atoms. The average Bonchev–Trinajstić information content (AvgIpc) is 2.63. The molecular formula is C20H25ClN2O4. The number of pyridine rings is 1. The molecule has 1 N–H and O–H groups in total. The van der Waals surface area contributed by atoms with Crippen molar-refractivity contribution < 1.29 is 18.9 Å². The molecule has 1 aromatic carbocycles. The third kappa shape index (κ3) is 4.57. The van der Waals surface area contributed by atoms with E-state index in [0.717, 1.165) is 41.2 Å². The van der Waals surface area contributed by atoms with E-state index in [9.17, 15) is 0 Å². The van der Waals surface area contributed by atoms with E-state index in [1.165, 1.54) is 0 Å². The van der Waals surface area contributed by atoms with Crippen LogP contribution in [0.2, 0.25) is 5.15 Å². The predicted octanol–water partition coefficient (Wildman–Crippen LogP) is 4.23. The smallest absolute Gasteiger partial charge is 0.170 e. The highest BCUT2D eigenvalue weighted by atomic mass is 35.5. The first-order valence-electron chi connectivity index (χ1n) is 8.85. The summed E-state index contributed by atoms with van der Waals surface area (Å²) >= 11 is 6.16. The van der Waals surface area contributed by atoms with Gasteiger partial charge in [-0.15, -0.1) is 0 Å². The van der Waals surface area contributed by atoms with Crippen molar-refractivity contribution in [1.29, 1.82) is 0 Å². The van der Waals surface area contributed by atoms with Crippen molar-refractivity contribution >= 4 is 17.4 Å². The van der Waals surface area contributed by atoms with Crippen molar-refractivity contribution in [3.8, 4) is 17.2 Å². The molecule has 1 aromatic heterocycles. The van der Waals surface area contributed by atoms with Crippen LogP contribution in [0.3, 0.4) is 0 Å². The van der Waals surface area contributed by atoms with Gasteiger partial charge in [0.15, 0.2) is 11.6 Å². The van der Waals surface area contributed by atoms with Gasteiger partial charge in [0.1, 0.15) is 22.8 Å². The highest BCUT2D eigenvalue weighted by molar-refractivity contribution is 6.29. The molecule has 0 saturated heterocycles.